The molecule has 0 fully saturated rings. The van der Waals surface area contributed by atoms with Crippen LogP contribution in [0.15, 0.2) is 47.8 Å². The summed E-state index contributed by atoms with van der Waals surface area (Å²) in [7, 11) is 1.98. The van der Waals surface area contributed by atoms with E-state index in [0.29, 0.717) is 18.0 Å². The van der Waals surface area contributed by atoms with Gasteiger partial charge in [-0.1, -0.05) is 24.3 Å². The lowest BCUT2D eigenvalue weighted by Crippen LogP contribution is -2.46. The van der Waals surface area contributed by atoms with Gasteiger partial charge in [0.1, 0.15) is 6.04 Å². The first-order chi connectivity index (χ1) is 11.1. The third kappa shape index (κ3) is 5.10. The van der Waals surface area contributed by atoms with Crippen LogP contribution < -0.4 is 15.5 Å². The smallest absolute Gasteiger partial charge is 0.261 e. The van der Waals surface area contributed by atoms with Gasteiger partial charge >= 0.3 is 0 Å². The van der Waals surface area contributed by atoms with E-state index in [-0.39, 0.29) is 11.8 Å². The standard InChI is InChI=1S/C17H21N3O2S/c1-13(19-17(22)15-9-6-12-23-15)16(21)18-10-11-20(2)14-7-4-3-5-8-14/h3-9,12-13H,10-11H2,1-2H3,(H,18,21)(H,19,22). The van der Waals surface area contributed by atoms with Crippen molar-refractivity contribution in [3.63, 3.8) is 0 Å². The number of rotatable bonds is 7. The molecule has 1 aromatic carbocycles. The maximum absolute atomic E-state index is 12.0. The van der Waals surface area contributed by atoms with Crippen molar-refractivity contribution in [1.29, 1.82) is 0 Å². The summed E-state index contributed by atoms with van der Waals surface area (Å²) >= 11 is 1.35. The third-order valence-electron chi connectivity index (χ3n) is 3.43. The van der Waals surface area contributed by atoms with Gasteiger partial charge in [-0.25, -0.2) is 0 Å². The molecule has 2 rings (SSSR count). The molecule has 0 bridgehead atoms. The van der Waals surface area contributed by atoms with Gasteiger partial charge in [0, 0.05) is 25.8 Å². The highest BCUT2D eigenvalue weighted by molar-refractivity contribution is 7.12. The van der Waals surface area contributed by atoms with Crippen LogP contribution in [0.5, 0.6) is 0 Å². The lowest BCUT2D eigenvalue weighted by molar-refractivity contribution is -0.122. The zero-order valence-corrected chi connectivity index (χ0v) is 14.1. The summed E-state index contributed by atoms with van der Waals surface area (Å²) in [4.78, 5) is 26.6. The molecule has 0 aliphatic heterocycles. The summed E-state index contributed by atoms with van der Waals surface area (Å²) in [5.41, 5.74) is 1.10. The first-order valence-corrected chi connectivity index (χ1v) is 8.34. The number of amides is 2. The van der Waals surface area contributed by atoms with Gasteiger partial charge in [-0.3, -0.25) is 9.59 Å². The van der Waals surface area contributed by atoms with Crippen molar-refractivity contribution < 1.29 is 9.59 Å². The van der Waals surface area contributed by atoms with Gasteiger partial charge in [0.25, 0.3) is 5.91 Å². The van der Waals surface area contributed by atoms with Crippen molar-refractivity contribution in [1.82, 2.24) is 10.6 Å². The van der Waals surface area contributed by atoms with Crippen LogP contribution in [0.1, 0.15) is 16.6 Å². The zero-order valence-electron chi connectivity index (χ0n) is 13.3. The van der Waals surface area contributed by atoms with E-state index in [1.165, 1.54) is 11.3 Å². The molecule has 6 heteroatoms. The number of nitrogens with zero attached hydrogens (tertiary/aromatic N) is 1. The Morgan fingerprint density at radius 2 is 1.91 bits per heavy atom. The van der Waals surface area contributed by atoms with Gasteiger partial charge in [-0.2, -0.15) is 0 Å². The predicted octanol–water partition coefficient (Wildman–Crippen LogP) is 2.12. The average molecular weight is 331 g/mol. The van der Waals surface area contributed by atoms with Crippen LogP contribution in [0.3, 0.4) is 0 Å². The van der Waals surface area contributed by atoms with Gasteiger partial charge < -0.3 is 15.5 Å². The second-order valence-corrected chi connectivity index (χ2v) is 6.17. The van der Waals surface area contributed by atoms with E-state index in [1.807, 2.05) is 48.8 Å². The largest absolute Gasteiger partial charge is 0.373 e. The van der Waals surface area contributed by atoms with Crippen LogP contribution in [0.4, 0.5) is 5.69 Å². The summed E-state index contributed by atoms with van der Waals surface area (Å²) in [6, 6.07) is 12.9. The number of carbonyl (C=O) groups excluding carboxylic acids is 2. The molecule has 5 nitrogen and oxygen atoms in total. The van der Waals surface area contributed by atoms with Crippen LogP contribution in [0.25, 0.3) is 0 Å². The van der Waals surface area contributed by atoms with Crippen molar-refractivity contribution >= 4 is 28.8 Å². The Bertz CT molecular complexity index is 629. The van der Waals surface area contributed by atoms with E-state index in [4.69, 9.17) is 0 Å². The molecule has 0 spiro atoms. The number of para-hydroxylation sites is 1. The average Bonchev–Trinajstić information content (AvgIpc) is 3.10. The molecule has 2 amide bonds. The first-order valence-electron chi connectivity index (χ1n) is 7.46. The minimum atomic E-state index is -0.563. The van der Waals surface area contributed by atoms with Crippen LogP contribution >= 0.6 is 11.3 Å². The van der Waals surface area contributed by atoms with Crippen molar-refractivity contribution in [3.8, 4) is 0 Å². The molecule has 0 saturated heterocycles. The van der Waals surface area contributed by atoms with Crippen molar-refractivity contribution in [2.45, 2.75) is 13.0 Å². The Labute approximate surface area is 140 Å². The molecular weight excluding hydrogens is 310 g/mol. The minimum absolute atomic E-state index is 0.184. The highest BCUT2D eigenvalue weighted by Crippen LogP contribution is 2.10. The van der Waals surface area contributed by atoms with Gasteiger partial charge in [-0.15, -0.1) is 11.3 Å². The van der Waals surface area contributed by atoms with Crippen molar-refractivity contribution in [2.75, 3.05) is 25.0 Å². The number of nitrogens with one attached hydrogen (secondary N) is 2. The number of carbonyl (C=O) groups is 2. The van der Waals surface area contributed by atoms with Gasteiger partial charge in [0.05, 0.1) is 4.88 Å². The molecule has 1 heterocycles. The molecule has 2 N–H and O–H groups in total. The van der Waals surface area contributed by atoms with E-state index >= 15 is 0 Å². The fourth-order valence-electron chi connectivity index (χ4n) is 2.05. The van der Waals surface area contributed by atoms with E-state index in [1.54, 1.807) is 13.0 Å². The number of hydrogen-bond donors (Lipinski definition) is 2. The lowest BCUT2D eigenvalue weighted by atomic mass is 10.3. The number of likely N-dealkylation sites (N-methyl/N-ethyl adjacent to an activating group) is 1. The van der Waals surface area contributed by atoms with Gasteiger partial charge in [0.2, 0.25) is 5.91 Å². The number of hydrogen-bond acceptors (Lipinski definition) is 4. The molecule has 1 aromatic heterocycles. The predicted molar refractivity (Wildman–Crippen MR) is 94.0 cm³/mol. The van der Waals surface area contributed by atoms with Gasteiger partial charge in [-0.05, 0) is 30.5 Å². The van der Waals surface area contributed by atoms with E-state index in [9.17, 15) is 9.59 Å². The second kappa shape index (κ2) is 8.33. The normalized spacial score (nSPS) is 11.6. The Kier molecular flexibility index (Phi) is 6.17. The number of benzene rings is 1. The molecule has 2 aromatic rings. The SMILES string of the molecule is CC(NC(=O)c1cccs1)C(=O)NCCN(C)c1ccccc1. The van der Waals surface area contributed by atoms with Crippen molar-refractivity contribution in [2.24, 2.45) is 0 Å². The maximum Gasteiger partial charge on any atom is 0.261 e. The molecule has 122 valence electrons. The second-order valence-electron chi connectivity index (χ2n) is 5.22. The molecule has 0 aliphatic carbocycles. The maximum atomic E-state index is 12.0. The quantitative estimate of drug-likeness (QED) is 0.817. The molecule has 1 atom stereocenters. The van der Waals surface area contributed by atoms with E-state index in [2.05, 4.69) is 15.5 Å². The molecule has 0 aliphatic rings. The monoisotopic (exact) mass is 331 g/mol. The fraction of sp³-hybridized carbons (Fsp3) is 0.294. The molecule has 0 saturated carbocycles. The van der Waals surface area contributed by atoms with Crippen LogP contribution in [0, 0.1) is 0 Å². The molecule has 1 unspecified atom stereocenters. The summed E-state index contributed by atoms with van der Waals surface area (Å²) in [5, 5.41) is 7.37. The highest BCUT2D eigenvalue weighted by atomic mass is 32.1. The van der Waals surface area contributed by atoms with Crippen LogP contribution in [-0.2, 0) is 4.79 Å². The Morgan fingerprint density at radius 3 is 2.57 bits per heavy atom. The van der Waals surface area contributed by atoms with E-state index < -0.39 is 6.04 Å². The minimum Gasteiger partial charge on any atom is -0.373 e. The Morgan fingerprint density at radius 1 is 1.17 bits per heavy atom. The van der Waals surface area contributed by atoms with Gasteiger partial charge in [0.15, 0.2) is 0 Å². The van der Waals surface area contributed by atoms with E-state index in [0.717, 1.165) is 5.69 Å². The molecular formula is C17H21N3O2S. The lowest BCUT2D eigenvalue weighted by Gasteiger charge is -2.20. The highest BCUT2D eigenvalue weighted by Gasteiger charge is 2.16. The molecule has 23 heavy (non-hydrogen) atoms. The number of thiophene rings is 1. The summed E-state index contributed by atoms with van der Waals surface area (Å²) in [6.07, 6.45) is 0. The van der Waals surface area contributed by atoms with Crippen molar-refractivity contribution in [3.05, 3.63) is 52.7 Å². The Balaban J connectivity index is 1.73. The molecule has 0 radical (unpaired) electrons. The first kappa shape index (κ1) is 17.0. The summed E-state index contributed by atoms with van der Waals surface area (Å²) in [6.45, 7) is 2.90. The zero-order chi connectivity index (χ0) is 16.7. The third-order valence-corrected chi connectivity index (χ3v) is 4.30. The Hall–Kier alpha value is -2.34. The topological polar surface area (TPSA) is 61.4 Å². The summed E-state index contributed by atoms with van der Waals surface area (Å²) < 4.78 is 0. The summed E-state index contributed by atoms with van der Waals surface area (Å²) in [5.74, 6) is -0.402. The van der Waals surface area contributed by atoms with Crippen LogP contribution in [0.2, 0.25) is 0 Å². The van der Waals surface area contributed by atoms with Crippen LogP contribution in [-0.4, -0.2) is 38.0 Å². The number of anilines is 1. The fourth-order valence-corrected chi connectivity index (χ4v) is 2.68.